The summed E-state index contributed by atoms with van der Waals surface area (Å²) in [5, 5.41) is 0. The number of hydrogen-bond donors (Lipinski definition) is 0. The van der Waals surface area contributed by atoms with Crippen molar-refractivity contribution in [3.63, 3.8) is 0 Å². The Morgan fingerprint density at radius 1 is 0.703 bits per heavy atom. The Kier molecular flexibility index (Phi) is 4.68. The van der Waals surface area contributed by atoms with Crippen molar-refractivity contribution < 1.29 is 33.2 Å². The fourth-order valence-electron chi connectivity index (χ4n) is 11.1. The summed E-state index contributed by atoms with van der Waals surface area (Å²) in [6, 6.07) is 0. The van der Waals surface area contributed by atoms with Crippen LogP contribution >= 0.6 is 0 Å². The summed E-state index contributed by atoms with van der Waals surface area (Å²) >= 11 is 0. The summed E-state index contributed by atoms with van der Waals surface area (Å²) in [6.07, 6.45) is 10.5. The number of carbonyl (C=O) groups is 1. The van der Waals surface area contributed by atoms with Crippen molar-refractivity contribution in [1.29, 1.82) is 0 Å². The summed E-state index contributed by atoms with van der Waals surface area (Å²) in [6.45, 7) is 5.53. The Morgan fingerprint density at radius 2 is 1.16 bits per heavy atom. The van der Waals surface area contributed by atoms with Gasteiger partial charge in [-0.25, -0.2) is 4.79 Å². The number of ether oxygens (including phenoxy) is 6. The molecular weight excluding hydrogens is 472 g/mol. The van der Waals surface area contributed by atoms with Crippen LogP contribution in [0.2, 0.25) is 0 Å². The molecule has 11 fully saturated rings. The first kappa shape index (κ1) is 22.8. The molecule has 7 nitrogen and oxygen atoms in total. The highest BCUT2D eigenvalue weighted by molar-refractivity contribution is 5.86. The van der Waals surface area contributed by atoms with Crippen LogP contribution < -0.4 is 0 Å². The first-order valence-electron chi connectivity index (χ1n) is 15.1. The second-order valence-corrected chi connectivity index (χ2v) is 14.3. The number of carbonyl (C=O) groups excluding carboxylic acids is 1. The van der Waals surface area contributed by atoms with E-state index in [1.165, 1.54) is 64.2 Å². The number of hydrogen-bond acceptors (Lipinski definition) is 7. The van der Waals surface area contributed by atoms with Crippen LogP contribution in [0.4, 0.5) is 0 Å². The van der Waals surface area contributed by atoms with Crippen molar-refractivity contribution in [2.75, 3.05) is 6.61 Å². The van der Waals surface area contributed by atoms with E-state index in [-0.39, 0.29) is 24.9 Å². The molecule has 11 rings (SSSR count). The van der Waals surface area contributed by atoms with Crippen molar-refractivity contribution in [3.8, 4) is 0 Å². The van der Waals surface area contributed by atoms with Crippen molar-refractivity contribution in [2.45, 2.75) is 113 Å². The van der Waals surface area contributed by atoms with Gasteiger partial charge in [0.25, 0.3) is 0 Å². The van der Waals surface area contributed by atoms with Crippen LogP contribution in [0.3, 0.4) is 0 Å². The van der Waals surface area contributed by atoms with Crippen LogP contribution in [0.5, 0.6) is 0 Å². The topological polar surface area (TPSA) is 72.5 Å². The predicted octanol–water partition coefficient (Wildman–Crippen LogP) is 4.33. The van der Waals surface area contributed by atoms with Crippen molar-refractivity contribution in [2.24, 2.45) is 47.3 Å². The third kappa shape index (κ3) is 3.04. The summed E-state index contributed by atoms with van der Waals surface area (Å²) in [5.41, 5.74) is 0.388. The van der Waals surface area contributed by atoms with Crippen LogP contribution in [0, 0.1) is 47.3 Å². The minimum Gasteiger partial charge on any atom is -0.459 e. The third-order valence-electron chi connectivity index (χ3n) is 12.1. The number of esters is 1. The fraction of sp³-hybridized carbons (Fsp3) is 0.900. The molecule has 8 aliphatic carbocycles. The van der Waals surface area contributed by atoms with E-state index in [1.807, 2.05) is 0 Å². The summed E-state index contributed by atoms with van der Waals surface area (Å²) < 4.78 is 40.4. The minimum atomic E-state index is -0.556. The van der Waals surface area contributed by atoms with Crippen LogP contribution in [0.15, 0.2) is 12.2 Å². The van der Waals surface area contributed by atoms with E-state index in [1.54, 1.807) is 6.92 Å². The van der Waals surface area contributed by atoms with Crippen molar-refractivity contribution in [1.82, 2.24) is 0 Å². The summed E-state index contributed by atoms with van der Waals surface area (Å²) in [7, 11) is 0. The molecule has 3 heterocycles. The van der Waals surface area contributed by atoms with Crippen LogP contribution in [0.1, 0.15) is 71.1 Å². The Labute approximate surface area is 218 Å². The van der Waals surface area contributed by atoms with Gasteiger partial charge in [-0.15, -0.1) is 0 Å². The standard InChI is InChI=1S/C30H40O7/c1-14(2)27(31)32-13-23-24-25(35-29(34-24)19-5-15-3-16(7-19)8-20(29)6-15)26-28(33-23)37-30(36-26)21-9-17-4-18(11-21)12-22(30)10-17/h15-26,28H,1,3-13H2,2H3/t15?,16?,17?,18?,19?,20?,21?,22?,23-,24-,25+,26+,28+,29?,30?/m1/s1. The second kappa shape index (κ2) is 7.60. The van der Waals surface area contributed by atoms with E-state index in [0.717, 1.165) is 23.7 Å². The fourth-order valence-corrected chi connectivity index (χ4v) is 11.1. The summed E-state index contributed by atoms with van der Waals surface area (Å²) in [5.74, 6) is 3.53. The molecule has 0 amide bonds. The zero-order chi connectivity index (χ0) is 24.7. The molecule has 8 bridgehead atoms. The molecule has 0 radical (unpaired) electrons. The lowest BCUT2D eigenvalue weighted by molar-refractivity contribution is -0.325. The van der Waals surface area contributed by atoms with Crippen molar-refractivity contribution >= 4 is 5.97 Å². The SMILES string of the molecule is C=C(C)C(=O)OC[C@H]1O[C@H]2OC3(O[C@H]2[C@H]2OC4(O[C@@H]21)C1CC2CC(C1)CC4C2)C1CC2CC(C1)CC3C2. The molecule has 0 aromatic heterocycles. The normalized spacial score (nSPS) is 59.8. The average molecular weight is 513 g/mol. The van der Waals surface area contributed by atoms with E-state index in [0.29, 0.717) is 29.2 Å². The predicted molar refractivity (Wildman–Crippen MR) is 130 cm³/mol. The Bertz CT molecular complexity index is 965. The second-order valence-electron chi connectivity index (χ2n) is 14.3. The molecule has 0 unspecified atom stereocenters. The van der Waals surface area contributed by atoms with E-state index in [2.05, 4.69) is 6.58 Å². The lowest BCUT2D eigenvalue weighted by atomic mass is 9.53. The molecule has 0 aromatic carbocycles. The Hall–Kier alpha value is -0.990. The van der Waals surface area contributed by atoms with Gasteiger partial charge >= 0.3 is 5.97 Å². The molecule has 5 atom stereocenters. The molecule has 3 aliphatic heterocycles. The molecule has 0 N–H and O–H groups in total. The first-order chi connectivity index (χ1) is 17.9. The van der Waals surface area contributed by atoms with E-state index in [4.69, 9.17) is 28.4 Å². The highest BCUT2D eigenvalue weighted by atomic mass is 16.9. The van der Waals surface area contributed by atoms with Gasteiger partial charge in [0.1, 0.15) is 31.0 Å². The van der Waals surface area contributed by atoms with E-state index < -0.39 is 29.9 Å². The van der Waals surface area contributed by atoms with Gasteiger partial charge in [-0.1, -0.05) is 6.58 Å². The molecule has 37 heavy (non-hydrogen) atoms. The summed E-state index contributed by atoms with van der Waals surface area (Å²) in [4.78, 5) is 12.3. The largest absolute Gasteiger partial charge is 0.459 e. The molecule has 7 heteroatoms. The number of rotatable bonds is 3. The van der Waals surface area contributed by atoms with Crippen LogP contribution in [0.25, 0.3) is 0 Å². The van der Waals surface area contributed by atoms with Gasteiger partial charge < -0.3 is 28.4 Å². The molecule has 202 valence electrons. The molecular formula is C30H40O7. The third-order valence-corrected chi connectivity index (χ3v) is 12.1. The lowest BCUT2D eigenvalue weighted by Gasteiger charge is -2.58. The quantitative estimate of drug-likeness (QED) is 0.412. The van der Waals surface area contributed by atoms with Gasteiger partial charge in [-0.2, -0.15) is 0 Å². The van der Waals surface area contributed by atoms with Crippen LogP contribution in [-0.4, -0.2) is 54.9 Å². The lowest BCUT2D eigenvalue weighted by Crippen LogP contribution is -2.59. The van der Waals surface area contributed by atoms with Gasteiger partial charge in [-0.3, -0.25) is 0 Å². The zero-order valence-electron chi connectivity index (χ0n) is 21.8. The minimum absolute atomic E-state index is 0.115. The monoisotopic (exact) mass is 512 g/mol. The highest BCUT2D eigenvalue weighted by Gasteiger charge is 2.72. The smallest absolute Gasteiger partial charge is 0.333 e. The Morgan fingerprint density at radius 3 is 1.68 bits per heavy atom. The van der Waals surface area contributed by atoms with Gasteiger partial charge in [0, 0.05) is 29.2 Å². The van der Waals surface area contributed by atoms with E-state index >= 15 is 0 Å². The van der Waals surface area contributed by atoms with Gasteiger partial charge in [0.05, 0.1) is 0 Å². The molecule has 11 aliphatic rings. The van der Waals surface area contributed by atoms with Gasteiger partial charge in [0.2, 0.25) is 0 Å². The molecule has 3 saturated heterocycles. The molecule has 2 spiro atoms. The van der Waals surface area contributed by atoms with E-state index in [9.17, 15) is 4.79 Å². The first-order valence-corrected chi connectivity index (χ1v) is 15.1. The van der Waals surface area contributed by atoms with Gasteiger partial charge in [-0.05, 0) is 94.8 Å². The Balaban J connectivity index is 1.04. The molecule has 0 aromatic rings. The number of fused-ring (bicyclic) bond motifs is 3. The van der Waals surface area contributed by atoms with Crippen LogP contribution in [-0.2, 0) is 33.2 Å². The van der Waals surface area contributed by atoms with Crippen molar-refractivity contribution in [3.05, 3.63) is 12.2 Å². The maximum atomic E-state index is 12.3. The maximum Gasteiger partial charge on any atom is 0.333 e. The maximum absolute atomic E-state index is 12.3. The van der Waals surface area contributed by atoms with Gasteiger partial charge in [0.15, 0.2) is 17.9 Å². The highest BCUT2D eigenvalue weighted by Crippen LogP contribution is 2.66. The molecule has 8 saturated carbocycles. The average Bonchev–Trinajstić information content (AvgIpc) is 3.44. The zero-order valence-corrected chi connectivity index (χ0v) is 21.8.